The largest absolute Gasteiger partial charge is 0.328 e. The van der Waals surface area contributed by atoms with Gasteiger partial charge in [-0.2, -0.15) is 0 Å². The Labute approximate surface area is 152 Å². The van der Waals surface area contributed by atoms with Crippen molar-refractivity contribution in [1.29, 1.82) is 0 Å². The summed E-state index contributed by atoms with van der Waals surface area (Å²) in [4.78, 5) is 19.4. The molecule has 4 nitrogen and oxygen atoms in total. The summed E-state index contributed by atoms with van der Waals surface area (Å²) in [6.45, 7) is 5.61. The first kappa shape index (κ1) is 16.2. The zero-order valence-corrected chi connectivity index (χ0v) is 15.1. The Morgan fingerprint density at radius 3 is 2.84 bits per heavy atom. The first-order chi connectivity index (χ1) is 12.1. The number of fused-ring (bicyclic) bond motifs is 1. The molecule has 3 aromatic rings. The maximum Gasteiger partial charge on any atom is 0.227 e. The molecular formula is C20H20ClN3O. The van der Waals surface area contributed by atoms with Crippen molar-refractivity contribution in [2.75, 3.05) is 11.4 Å². The second-order valence-corrected chi connectivity index (χ2v) is 6.98. The van der Waals surface area contributed by atoms with Crippen molar-refractivity contribution >= 4 is 34.2 Å². The van der Waals surface area contributed by atoms with Gasteiger partial charge in [0.15, 0.2) is 0 Å². The maximum atomic E-state index is 12.7. The van der Waals surface area contributed by atoms with E-state index < -0.39 is 0 Å². The number of hydrogen-bond donors (Lipinski definition) is 0. The third-order valence-electron chi connectivity index (χ3n) is 4.95. The molecule has 1 aliphatic rings. The van der Waals surface area contributed by atoms with Crippen molar-refractivity contribution in [3.05, 3.63) is 58.9 Å². The Morgan fingerprint density at radius 2 is 2.04 bits per heavy atom. The van der Waals surface area contributed by atoms with Crippen LogP contribution in [-0.4, -0.2) is 22.0 Å². The number of benzene rings is 2. The summed E-state index contributed by atoms with van der Waals surface area (Å²) in [5.74, 6) is 1.22. The Balaban J connectivity index is 1.72. The van der Waals surface area contributed by atoms with Crippen LogP contribution in [-0.2, 0) is 11.3 Å². The first-order valence-corrected chi connectivity index (χ1v) is 8.98. The summed E-state index contributed by atoms with van der Waals surface area (Å²) in [6, 6.07) is 13.8. The van der Waals surface area contributed by atoms with Crippen molar-refractivity contribution in [2.24, 2.45) is 0 Å². The number of rotatable bonds is 3. The topological polar surface area (TPSA) is 38.1 Å². The van der Waals surface area contributed by atoms with E-state index in [-0.39, 0.29) is 11.8 Å². The van der Waals surface area contributed by atoms with Gasteiger partial charge in [-0.05, 0) is 43.7 Å². The first-order valence-electron chi connectivity index (χ1n) is 8.60. The van der Waals surface area contributed by atoms with Gasteiger partial charge in [0.25, 0.3) is 0 Å². The highest BCUT2D eigenvalue weighted by molar-refractivity contribution is 6.31. The number of hydrogen-bond acceptors (Lipinski definition) is 2. The summed E-state index contributed by atoms with van der Waals surface area (Å²) < 4.78 is 2.22. The van der Waals surface area contributed by atoms with Crippen LogP contribution < -0.4 is 4.90 Å². The number of para-hydroxylation sites is 2. The lowest BCUT2D eigenvalue weighted by Crippen LogP contribution is -2.25. The van der Waals surface area contributed by atoms with Crippen molar-refractivity contribution in [3.8, 4) is 0 Å². The highest BCUT2D eigenvalue weighted by Gasteiger charge is 2.35. The monoisotopic (exact) mass is 353 g/mol. The minimum absolute atomic E-state index is 0.0956. The molecule has 0 radical (unpaired) electrons. The van der Waals surface area contributed by atoms with Crippen LogP contribution in [0.15, 0.2) is 42.5 Å². The van der Waals surface area contributed by atoms with Gasteiger partial charge in [0.05, 0.1) is 11.0 Å². The molecular weight excluding hydrogens is 334 g/mol. The van der Waals surface area contributed by atoms with Crippen LogP contribution in [0.2, 0.25) is 5.02 Å². The number of aromatic nitrogens is 2. The number of halogens is 1. The predicted molar refractivity (Wildman–Crippen MR) is 101 cm³/mol. The van der Waals surface area contributed by atoms with E-state index in [0.29, 0.717) is 18.0 Å². The fourth-order valence-corrected chi connectivity index (χ4v) is 3.89. The quantitative estimate of drug-likeness (QED) is 0.693. The molecule has 0 unspecified atom stereocenters. The number of nitrogens with zero attached hydrogens (tertiary/aromatic N) is 3. The van der Waals surface area contributed by atoms with E-state index in [1.54, 1.807) is 0 Å². The molecule has 1 aliphatic heterocycles. The summed E-state index contributed by atoms with van der Waals surface area (Å²) in [6.07, 6.45) is 0.481. The average Bonchev–Trinajstić information content (AvgIpc) is 3.17. The molecule has 5 heteroatoms. The Morgan fingerprint density at radius 1 is 1.24 bits per heavy atom. The van der Waals surface area contributed by atoms with Gasteiger partial charge in [0.1, 0.15) is 5.82 Å². The third-order valence-corrected chi connectivity index (χ3v) is 5.19. The molecule has 1 amide bonds. The van der Waals surface area contributed by atoms with Crippen molar-refractivity contribution in [2.45, 2.75) is 32.7 Å². The van der Waals surface area contributed by atoms with Gasteiger partial charge in [0.2, 0.25) is 5.91 Å². The smallest absolute Gasteiger partial charge is 0.227 e. The molecule has 1 aromatic heterocycles. The summed E-state index contributed by atoms with van der Waals surface area (Å²) in [5.41, 5.74) is 4.08. The van der Waals surface area contributed by atoms with Crippen LogP contribution in [0.1, 0.15) is 30.7 Å². The summed E-state index contributed by atoms with van der Waals surface area (Å²) in [5, 5.41) is 0.651. The normalized spacial score (nSPS) is 17.6. The van der Waals surface area contributed by atoms with Gasteiger partial charge in [-0.3, -0.25) is 4.79 Å². The minimum Gasteiger partial charge on any atom is -0.328 e. The molecule has 0 bridgehead atoms. The van der Waals surface area contributed by atoms with Crippen LogP contribution in [0.25, 0.3) is 11.0 Å². The molecule has 0 spiro atoms. The lowest BCUT2D eigenvalue weighted by atomic mass is 10.1. The van der Waals surface area contributed by atoms with Gasteiger partial charge < -0.3 is 9.47 Å². The van der Waals surface area contributed by atoms with Crippen molar-refractivity contribution in [3.63, 3.8) is 0 Å². The number of amides is 1. The summed E-state index contributed by atoms with van der Waals surface area (Å²) in [7, 11) is 0. The van der Waals surface area contributed by atoms with Crippen molar-refractivity contribution in [1.82, 2.24) is 9.55 Å². The molecule has 0 N–H and O–H groups in total. The standard InChI is InChI=1S/C20H20ClN3O/c1-3-23-17-7-5-4-6-16(17)22-20(23)14-10-19(25)24(12-14)18-11-15(21)9-8-13(18)2/h4-9,11,14H,3,10,12H2,1-2H3/t14-/m1/s1. The zero-order chi connectivity index (χ0) is 17.6. The van der Waals surface area contributed by atoms with Crippen molar-refractivity contribution < 1.29 is 4.79 Å². The van der Waals surface area contributed by atoms with E-state index in [2.05, 4.69) is 17.6 Å². The van der Waals surface area contributed by atoms with Crippen LogP contribution in [0.3, 0.4) is 0 Å². The number of imidazole rings is 1. The number of anilines is 1. The molecule has 2 aromatic carbocycles. The van der Waals surface area contributed by atoms with Gasteiger partial charge in [-0.15, -0.1) is 0 Å². The minimum atomic E-state index is 0.0956. The SMILES string of the molecule is CCn1c([C@@H]2CC(=O)N(c3cc(Cl)ccc3C)C2)nc2ccccc21. The lowest BCUT2D eigenvalue weighted by Gasteiger charge is -2.19. The van der Waals surface area contributed by atoms with Gasteiger partial charge >= 0.3 is 0 Å². The fraction of sp³-hybridized carbons (Fsp3) is 0.300. The van der Waals surface area contributed by atoms with Crippen LogP contribution >= 0.6 is 11.6 Å². The van der Waals surface area contributed by atoms with Gasteiger partial charge in [-0.25, -0.2) is 4.98 Å². The van der Waals surface area contributed by atoms with Crippen LogP contribution in [0.4, 0.5) is 5.69 Å². The van der Waals surface area contributed by atoms with Gasteiger partial charge in [0, 0.05) is 36.1 Å². The molecule has 4 rings (SSSR count). The zero-order valence-electron chi connectivity index (χ0n) is 14.4. The summed E-state index contributed by atoms with van der Waals surface area (Å²) >= 11 is 6.14. The van der Waals surface area contributed by atoms with E-state index in [1.807, 2.05) is 48.2 Å². The Kier molecular flexibility index (Phi) is 4.00. The van der Waals surface area contributed by atoms with E-state index >= 15 is 0 Å². The lowest BCUT2D eigenvalue weighted by molar-refractivity contribution is -0.117. The highest BCUT2D eigenvalue weighted by Crippen LogP contribution is 2.35. The fourth-order valence-electron chi connectivity index (χ4n) is 3.72. The molecule has 1 fully saturated rings. The van der Waals surface area contributed by atoms with Crippen LogP contribution in [0, 0.1) is 6.92 Å². The van der Waals surface area contributed by atoms with Gasteiger partial charge in [-0.1, -0.05) is 29.8 Å². The maximum absolute atomic E-state index is 12.7. The average molecular weight is 354 g/mol. The molecule has 0 saturated carbocycles. The molecule has 1 saturated heterocycles. The third kappa shape index (κ3) is 2.71. The number of carbonyl (C=O) groups excluding carboxylic acids is 1. The van der Waals surface area contributed by atoms with E-state index in [1.165, 1.54) is 0 Å². The second-order valence-electron chi connectivity index (χ2n) is 6.54. The number of carbonyl (C=O) groups is 1. The predicted octanol–water partition coefficient (Wildman–Crippen LogP) is 4.54. The molecule has 0 aliphatic carbocycles. The van der Waals surface area contributed by atoms with E-state index in [9.17, 15) is 4.79 Å². The van der Waals surface area contributed by atoms with Crippen LogP contribution in [0.5, 0.6) is 0 Å². The Bertz CT molecular complexity index is 963. The Hall–Kier alpha value is -2.33. The van der Waals surface area contributed by atoms with E-state index in [0.717, 1.165) is 34.7 Å². The molecule has 1 atom stereocenters. The second kappa shape index (κ2) is 6.19. The molecule has 2 heterocycles. The van der Waals surface area contributed by atoms with E-state index in [4.69, 9.17) is 16.6 Å². The molecule has 128 valence electrons. The highest BCUT2D eigenvalue weighted by atomic mass is 35.5. The molecule has 25 heavy (non-hydrogen) atoms. The number of aryl methyl sites for hydroxylation is 2.